The number of nitrogens with zero attached hydrogens (tertiary/aromatic N) is 1. The Morgan fingerprint density at radius 1 is 1.15 bits per heavy atom. The molecule has 0 saturated carbocycles. The number of carbonyl (C=O) groups is 1. The van der Waals surface area contributed by atoms with E-state index in [2.05, 4.69) is 29.3 Å². The third kappa shape index (κ3) is 4.38. The summed E-state index contributed by atoms with van der Waals surface area (Å²) in [6, 6.07) is 18.1. The fraction of sp³-hybridized carbons (Fsp3) is 0.227. The van der Waals surface area contributed by atoms with Gasteiger partial charge >= 0.3 is 5.97 Å². The summed E-state index contributed by atoms with van der Waals surface area (Å²) in [4.78, 5) is 11.3. The molecule has 0 aliphatic heterocycles. The van der Waals surface area contributed by atoms with Crippen LogP contribution in [0.5, 0.6) is 5.75 Å². The molecule has 3 rings (SSSR count). The topological polar surface area (TPSA) is 60.7 Å². The van der Waals surface area contributed by atoms with E-state index >= 15 is 0 Å². The molecular formula is C22H23NO4. The first kappa shape index (κ1) is 18.7. The van der Waals surface area contributed by atoms with Crippen LogP contribution >= 0.6 is 0 Å². The summed E-state index contributed by atoms with van der Waals surface area (Å²) in [6.07, 6.45) is -0.897. The maximum atomic E-state index is 11.3. The van der Waals surface area contributed by atoms with Gasteiger partial charge < -0.3 is 19.1 Å². The molecule has 5 nitrogen and oxygen atoms in total. The van der Waals surface area contributed by atoms with Crippen LogP contribution in [-0.4, -0.2) is 35.0 Å². The molecule has 0 amide bonds. The van der Waals surface area contributed by atoms with Crippen molar-refractivity contribution in [3.8, 4) is 17.0 Å². The van der Waals surface area contributed by atoms with Gasteiger partial charge in [0, 0.05) is 29.2 Å². The molecule has 0 spiro atoms. The molecule has 1 N–H and O–H groups in total. The maximum Gasteiger partial charge on any atom is 0.333 e. The minimum atomic E-state index is -0.897. The summed E-state index contributed by atoms with van der Waals surface area (Å²) < 4.78 is 12.6. The van der Waals surface area contributed by atoms with Crippen LogP contribution in [-0.2, 0) is 16.6 Å². The van der Waals surface area contributed by atoms with Crippen molar-refractivity contribution in [1.82, 2.24) is 4.57 Å². The number of aromatic nitrogens is 1. The smallest absolute Gasteiger partial charge is 0.333 e. The molecule has 3 aromatic rings. The lowest BCUT2D eigenvalue weighted by Crippen LogP contribution is -2.25. The van der Waals surface area contributed by atoms with Gasteiger partial charge in [0.05, 0.1) is 0 Å². The first-order valence-electron chi connectivity index (χ1n) is 8.74. The first-order valence-corrected chi connectivity index (χ1v) is 8.74. The molecule has 5 heteroatoms. The highest BCUT2D eigenvalue weighted by molar-refractivity contribution is 5.87. The average molecular weight is 365 g/mol. The van der Waals surface area contributed by atoms with Crippen molar-refractivity contribution in [1.29, 1.82) is 0 Å². The van der Waals surface area contributed by atoms with Crippen molar-refractivity contribution in [2.24, 2.45) is 7.05 Å². The van der Waals surface area contributed by atoms with Gasteiger partial charge in [0.1, 0.15) is 25.1 Å². The molecular weight excluding hydrogens is 342 g/mol. The Hall–Kier alpha value is -3.05. The van der Waals surface area contributed by atoms with Crippen molar-refractivity contribution in [2.45, 2.75) is 13.0 Å². The predicted molar refractivity (Wildman–Crippen MR) is 106 cm³/mol. The van der Waals surface area contributed by atoms with Gasteiger partial charge in [0.25, 0.3) is 0 Å². The van der Waals surface area contributed by atoms with Crippen LogP contribution in [0.1, 0.15) is 6.92 Å². The molecule has 0 aliphatic carbocycles. The van der Waals surface area contributed by atoms with Gasteiger partial charge in [-0.15, -0.1) is 0 Å². The second-order valence-corrected chi connectivity index (χ2v) is 6.52. The van der Waals surface area contributed by atoms with E-state index in [4.69, 9.17) is 9.47 Å². The number of hydrogen-bond donors (Lipinski definition) is 1. The Morgan fingerprint density at radius 2 is 1.85 bits per heavy atom. The van der Waals surface area contributed by atoms with Gasteiger partial charge in [-0.1, -0.05) is 24.8 Å². The first-order chi connectivity index (χ1) is 13.0. The number of para-hydroxylation sites is 1. The summed E-state index contributed by atoms with van der Waals surface area (Å²) in [5.74, 6) is 0.121. The normalized spacial score (nSPS) is 12.0. The Balaban J connectivity index is 1.61. The summed E-state index contributed by atoms with van der Waals surface area (Å²) in [5.41, 5.74) is 3.68. The van der Waals surface area contributed by atoms with Crippen molar-refractivity contribution < 1.29 is 19.4 Å². The molecule has 0 radical (unpaired) electrons. The monoisotopic (exact) mass is 365 g/mol. The van der Waals surface area contributed by atoms with Gasteiger partial charge in [-0.25, -0.2) is 4.79 Å². The molecule has 1 heterocycles. The fourth-order valence-electron chi connectivity index (χ4n) is 2.82. The van der Waals surface area contributed by atoms with E-state index in [9.17, 15) is 9.90 Å². The maximum absolute atomic E-state index is 11.3. The third-order valence-corrected chi connectivity index (χ3v) is 4.30. The molecule has 0 fully saturated rings. The van der Waals surface area contributed by atoms with Crippen molar-refractivity contribution in [3.63, 3.8) is 0 Å². The quantitative estimate of drug-likeness (QED) is 0.512. The van der Waals surface area contributed by atoms with Crippen LogP contribution in [0, 0.1) is 0 Å². The predicted octanol–water partition coefficient (Wildman–Crippen LogP) is 3.70. The van der Waals surface area contributed by atoms with Gasteiger partial charge in [-0.3, -0.25) is 0 Å². The number of rotatable bonds is 7. The Morgan fingerprint density at radius 3 is 2.52 bits per heavy atom. The molecule has 0 aliphatic rings. The number of aliphatic hydroxyl groups is 1. The van der Waals surface area contributed by atoms with Gasteiger partial charge in [-0.05, 0) is 48.9 Å². The Labute approximate surface area is 158 Å². The number of aliphatic hydroxyl groups excluding tert-OH is 1. The van der Waals surface area contributed by atoms with Crippen LogP contribution in [0.25, 0.3) is 22.2 Å². The number of hydrogen-bond acceptors (Lipinski definition) is 4. The molecule has 1 unspecified atom stereocenters. The van der Waals surface area contributed by atoms with Crippen molar-refractivity contribution in [3.05, 3.63) is 66.7 Å². The van der Waals surface area contributed by atoms with Crippen molar-refractivity contribution in [2.75, 3.05) is 13.2 Å². The van der Waals surface area contributed by atoms with Crippen LogP contribution in [0.3, 0.4) is 0 Å². The Bertz CT molecular complexity index is 956. The van der Waals surface area contributed by atoms with Crippen LogP contribution in [0.2, 0.25) is 0 Å². The number of fused-ring (bicyclic) bond motifs is 1. The average Bonchev–Trinajstić information content (AvgIpc) is 3.01. The lowest BCUT2D eigenvalue weighted by molar-refractivity contribution is -0.142. The summed E-state index contributed by atoms with van der Waals surface area (Å²) in [5, 5.41) is 11.1. The van der Waals surface area contributed by atoms with Crippen molar-refractivity contribution >= 4 is 16.9 Å². The second-order valence-electron chi connectivity index (χ2n) is 6.52. The SMILES string of the molecule is C=C(C)C(=O)OCC(O)COc1ccc(-c2cc3ccccc3n2C)cc1. The molecule has 2 aromatic carbocycles. The summed E-state index contributed by atoms with van der Waals surface area (Å²) in [7, 11) is 2.05. The molecule has 1 atom stereocenters. The number of aryl methyl sites for hydroxylation is 1. The zero-order valence-corrected chi connectivity index (χ0v) is 15.5. The minimum absolute atomic E-state index is 0.0385. The number of carbonyl (C=O) groups excluding carboxylic acids is 1. The summed E-state index contributed by atoms with van der Waals surface area (Å²) in [6.45, 7) is 4.96. The van der Waals surface area contributed by atoms with E-state index < -0.39 is 12.1 Å². The number of esters is 1. The zero-order chi connectivity index (χ0) is 19.4. The zero-order valence-electron chi connectivity index (χ0n) is 15.5. The van der Waals surface area contributed by atoms with E-state index in [-0.39, 0.29) is 13.2 Å². The van der Waals surface area contributed by atoms with E-state index in [1.165, 1.54) is 10.9 Å². The molecule has 27 heavy (non-hydrogen) atoms. The minimum Gasteiger partial charge on any atom is -0.491 e. The van der Waals surface area contributed by atoms with Gasteiger partial charge in [-0.2, -0.15) is 0 Å². The van der Waals surface area contributed by atoms with E-state index in [1.54, 1.807) is 6.92 Å². The van der Waals surface area contributed by atoms with Crippen LogP contribution in [0.4, 0.5) is 0 Å². The third-order valence-electron chi connectivity index (χ3n) is 4.30. The highest BCUT2D eigenvalue weighted by atomic mass is 16.5. The standard InChI is InChI=1S/C22H23NO4/c1-15(2)22(25)27-14-18(24)13-26-19-10-8-16(9-11-19)21-12-17-6-4-5-7-20(17)23(21)3/h4-12,18,24H,1,13-14H2,2-3H3. The van der Waals surface area contributed by atoms with Crippen LogP contribution in [0.15, 0.2) is 66.7 Å². The van der Waals surface area contributed by atoms with E-state index in [0.29, 0.717) is 11.3 Å². The highest BCUT2D eigenvalue weighted by Gasteiger charge is 2.11. The van der Waals surface area contributed by atoms with E-state index in [1.807, 2.05) is 43.4 Å². The molecule has 1 aromatic heterocycles. The van der Waals surface area contributed by atoms with Gasteiger partial charge in [0.2, 0.25) is 0 Å². The lowest BCUT2D eigenvalue weighted by atomic mass is 10.1. The molecule has 0 bridgehead atoms. The number of benzene rings is 2. The summed E-state index contributed by atoms with van der Waals surface area (Å²) >= 11 is 0. The lowest BCUT2D eigenvalue weighted by Gasteiger charge is -2.13. The molecule has 0 saturated heterocycles. The van der Waals surface area contributed by atoms with Gasteiger partial charge in [0.15, 0.2) is 0 Å². The highest BCUT2D eigenvalue weighted by Crippen LogP contribution is 2.28. The van der Waals surface area contributed by atoms with E-state index in [0.717, 1.165) is 11.3 Å². The second kappa shape index (κ2) is 8.10. The Kier molecular flexibility index (Phi) is 5.62. The molecule has 140 valence electrons. The van der Waals surface area contributed by atoms with Crippen LogP contribution < -0.4 is 4.74 Å². The number of ether oxygens (including phenoxy) is 2. The largest absolute Gasteiger partial charge is 0.491 e. The fourth-order valence-corrected chi connectivity index (χ4v) is 2.82.